The van der Waals surface area contributed by atoms with Crippen molar-refractivity contribution in [1.82, 2.24) is 4.90 Å². The van der Waals surface area contributed by atoms with Gasteiger partial charge in [0.2, 0.25) is 0 Å². The fourth-order valence-electron chi connectivity index (χ4n) is 3.90. The van der Waals surface area contributed by atoms with Crippen molar-refractivity contribution in [3.05, 3.63) is 82.9 Å². The van der Waals surface area contributed by atoms with Gasteiger partial charge in [0.15, 0.2) is 15.9 Å². The molecule has 184 valence electrons. The van der Waals surface area contributed by atoms with Gasteiger partial charge in [-0.15, -0.1) is 0 Å². The third-order valence-corrected chi connectivity index (χ3v) is 7.09. The van der Waals surface area contributed by atoms with Crippen LogP contribution < -0.4 is 4.74 Å². The van der Waals surface area contributed by atoms with Crippen molar-refractivity contribution in [3.63, 3.8) is 0 Å². The zero-order valence-electron chi connectivity index (χ0n) is 19.4. The number of hydrogen-bond donors (Lipinski definition) is 0. The van der Waals surface area contributed by atoms with Crippen molar-refractivity contribution in [2.75, 3.05) is 6.26 Å². The topological polar surface area (TPSA) is 63.7 Å². The first-order valence-corrected chi connectivity index (χ1v) is 12.8. The van der Waals surface area contributed by atoms with Crippen LogP contribution in [0.4, 0.5) is 13.2 Å². The summed E-state index contributed by atoms with van der Waals surface area (Å²) in [6.07, 6.45) is -5.86. The Bertz CT molecular complexity index is 1380. The van der Waals surface area contributed by atoms with Crippen LogP contribution in [0.3, 0.4) is 0 Å². The highest BCUT2D eigenvalue weighted by Crippen LogP contribution is 2.33. The van der Waals surface area contributed by atoms with Gasteiger partial charge in [0.05, 0.1) is 10.5 Å². The maximum atomic E-state index is 13.4. The molecule has 0 aromatic heterocycles. The Hall–Kier alpha value is -3.33. The molecule has 1 unspecified atom stereocenters. The highest BCUT2D eigenvalue weighted by atomic mass is 32.2. The fourth-order valence-corrected chi connectivity index (χ4v) is 4.55. The van der Waals surface area contributed by atoms with E-state index in [0.29, 0.717) is 0 Å². The van der Waals surface area contributed by atoms with Gasteiger partial charge < -0.3 is 9.64 Å². The zero-order valence-corrected chi connectivity index (χ0v) is 20.2. The number of ether oxygens (including phenoxy) is 1. The molecule has 0 bridgehead atoms. The van der Waals surface area contributed by atoms with E-state index in [9.17, 15) is 26.4 Å². The number of alkyl halides is 3. The number of carbonyl (C=O) groups is 1. The van der Waals surface area contributed by atoms with E-state index >= 15 is 0 Å². The Labute approximate surface area is 202 Å². The number of nitrogens with zero attached hydrogens (tertiary/aromatic N) is 1. The third kappa shape index (κ3) is 5.35. The molecule has 1 heterocycles. The Morgan fingerprint density at radius 2 is 1.57 bits per heavy atom. The number of hydrogen-bond acceptors (Lipinski definition) is 4. The Balaban J connectivity index is 1.65. The van der Waals surface area contributed by atoms with Crippen molar-refractivity contribution in [2.45, 2.75) is 44.1 Å². The Kier molecular flexibility index (Phi) is 6.40. The van der Waals surface area contributed by atoms with Gasteiger partial charge in [-0.05, 0) is 60.4 Å². The van der Waals surface area contributed by atoms with Crippen LogP contribution in [0.25, 0.3) is 11.1 Å². The molecule has 1 atom stereocenters. The summed E-state index contributed by atoms with van der Waals surface area (Å²) in [5, 5.41) is 0. The third-order valence-electron chi connectivity index (χ3n) is 5.98. The monoisotopic (exact) mass is 503 g/mol. The summed E-state index contributed by atoms with van der Waals surface area (Å²) in [5.74, 6) is -0.920. The number of rotatable bonds is 5. The van der Waals surface area contributed by atoms with Gasteiger partial charge in [0, 0.05) is 19.3 Å². The molecule has 1 aliphatic heterocycles. The van der Waals surface area contributed by atoms with Crippen molar-refractivity contribution in [3.8, 4) is 16.9 Å². The number of fused-ring (bicyclic) bond motifs is 1. The first-order chi connectivity index (χ1) is 16.3. The smallest absolute Gasteiger partial charge is 0.425 e. The van der Waals surface area contributed by atoms with Crippen LogP contribution in [0.15, 0.2) is 65.6 Å². The van der Waals surface area contributed by atoms with E-state index in [-0.39, 0.29) is 29.3 Å². The molecule has 0 radical (unpaired) electrons. The number of aryl methyl sites for hydroxylation is 1. The molecule has 3 aromatic carbocycles. The second-order valence-corrected chi connectivity index (χ2v) is 10.8. The van der Waals surface area contributed by atoms with Gasteiger partial charge in [-0.25, -0.2) is 8.42 Å². The largest absolute Gasteiger partial charge is 0.480 e. The lowest BCUT2D eigenvalue weighted by Crippen LogP contribution is -2.32. The lowest BCUT2D eigenvalue weighted by molar-refractivity contribution is -0.189. The molecule has 1 amide bonds. The van der Waals surface area contributed by atoms with E-state index in [4.69, 9.17) is 4.74 Å². The summed E-state index contributed by atoms with van der Waals surface area (Å²) in [6, 6.07) is 17.2. The summed E-state index contributed by atoms with van der Waals surface area (Å²) < 4.78 is 68.4. The summed E-state index contributed by atoms with van der Waals surface area (Å²) in [5.41, 5.74) is 4.76. The molecule has 0 aliphatic carbocycles. The van der Waals surface area contributed by atoms with Crippen LogP contribution in [0, 0.1) is 6.92 Å². The standard InChI is InChI=1S/C26H24F3NO4S/c1-16-4-6-18(7-5-16)19-8-9-20-14-30(15-21(20)12-19)25(31)23-13-22(35(3,32)33)10-11-24(23)34-17(2)26(27,28)29/h4-13,17H,14-15H2,1-3H3. The molecule has 3 aromatic rings. The van der Waals surface area contributed by atoms with Crippen LogP contribution in [-0.2, 0) is 22.9 Å². The summed E-state index contributed by atoms with van der Waals surface area (Å²) in [6.45, 7) is 3.32. The van der Waals surface area contributed by atoms with Crippen LogP contribution in [0.5, 0.6) is 5.75 Å². The molecular formula is C26H24F3NO4S. The van der Waals surface area contributed by atoms with Crippen LogP contribution in [0.2, 0.25) is 0 Å². The predicted octanol–water partition coefficient (Wildman–Crippen LogP) is 5.55. The Morgan fingerprint density at radius 1 is 0.943 bits per heavy atom. The van der Waals surface area contributed by atoms with E-state index in [1.807, 2.05) is 49.4 Å². The molecule has 4 rings (SSSR count). The minimum absolute atomic E-state index is 0.175. The van der Waals surface area contributed by atoms with E-state index in [1.54, 1.807) is 0 Å². The van der Waals surface area contributed by atoms with Crippen molar-refractivity contribution < 1.29 is 31.1 Å². The van der Waals surface area contributed by atoms with Crippen molar-refractivity contribution in [2.24, 2.45) is 0 Å². The molecule has 0 saturated heterocycles. The van der Waals surface area contributed by atoms with Gasteiger partial charge >= 0.3 is 6.18 Å². The number of carbonyl (C=O) groups excluding carboxylic acids is 1. The van der Waals surface area contributed by atoms with Crippen molar-refractivity contribution in [1.29, 1.82) is 0 Å². The van der Waals surface area contributed by atoms with Gasteiger partial charge in [-0.3, -0.25) is 4.79 Å². The maximum absolute atomic E-state index is 13.4. The summed E-state index contributed by atoms with van der Waals surface area (Å²) in [4.78, 5) is 14.7. The van der Waals surface area contributed by atoms with Gasteiger partial charge in [-0.2, -0.15) is 13.2 Å². The van der Waals surface area contributed by atoms with Gasteiger partial charge in [0.1, 0.15) is 5.75 Å². The fraction of sp³-hybridized carbons (Fsp3) is 0.269. The van der Waals surface area contributed by atoms with Gasteiger partial charge in [-0.1, -0.05) is 42.0 Å². The average Bonchev–Trinajstić information content (AvgIpc) is 3.21. The van der Waals surface area contributed by atoms with Crippen LogP contribution in [-0.4, -0.2) is 37.8 Å². The second-order valence-electron chi connectivity index (χ2n) is 8.74. The molecule has 0 spiro atoms. The van der Waals surface area contributed by atoms with E-state index in [1.165, 1.54) is 4.90 Å². The highest BCUT2D eigenvalue weighted by Gasteiger charge is 2.39. The molecule has 5 nitrogen and oxygen atoms in total. The van der Waals surface area contributed by atoms with E-state index in [2.05, 4.69) is 0 Å². The first kappa shape index (κ1) is 24.8. The minimum atomic E-state index is -4.65. The normalized spacial score (nSPS) is 14.5. The lowest BCUT2D eigenvalue weighted by atomic mass is 10.00. The minimum Gasteiger partial charge on any atom is -0.480 e. The number of benzene rings is 3. The summed E-state index contributed by atoms with van der Waals surface area (Å²) in [7, 11) is -3.70. The lowest BCUT2D eigenvalue weighted by Gasteiger charge is -2.22. The van der Waals surface area contributed by atoms with E-state index in [0.717, 1.165) is 59.2 Å². The van der Waals surface area contributed by atoms with Crippen molar-refractivity contribution >= 4 is 15.7 Å². The number of amides is 1. The second kappa shape index (κ2) is 9.03. The van der Waals surface area contributed by atoms with Crippen LogP contribution in [0.1, 0.15) is 34.0 Å². The van der Waals surface area contributed by atoms with Gasteiger partial charge in [0.25, 0.3) is 5.91 Å². The molecular weight excluding hydrogens is 479 g/mol. The predicted molar refractivity (Wildman–Crippen MR) is 126 cm³/mol. The highest BCUT2D eigenvalue weighted by molar-refractivity contribution is 7.90. The maximum Gasteiger partial charge on any atom is 0.425 e. The molecule has 35 heavy (non-hydrogen) atoms. The Morgan fingerprint density at radius 3 is 2.20 bits per heavy atom. The number of halogens is 3. The van der Waals surface area contributed by atoms with E-state index < -0.39 is 28.0 Å². The quantitative estimate of drug-likeness (QED) is 0.458. The molecule has 0 saturated carbocycles. The average molecular weight is 504 g/mol. The molecule has 0 N–H and O–H groups in total. The molecule has 1 aliphatic rings. The number of sulfone groups is 1. The molecule has 0 fully saturated rings. The zero-order chi connectivity index (χ0) is 25.5. The molecule has 9 heteroatoms. The first-order valence-electron chi connectivity index (χ1n) is 10.9. The summed E-state index contributed by atoms with van der Waals surface area (Å²) >= 11 is 0. The van der Waals surface area contributed by atoms with Crippen LogP contribution >= 0.6 is 0 Å². The SMILES string of the molecule is Cc1ccc(-c2ccc3c(c2)CN(C(=O)c2cc(S(C)(=O)=O)ccc2OC(C)C(F)(F)F)C3)cc1.